The van der Waals surface area contributed by atoms with E-state index in [0.717, 1.165) is 30.7 Å². The first-order valence-electron chi connectivity index (χ1n) is 8.58. The molecule has 1 heterocycles. The molecule has 0 aromatic carbocycles. The van der Waals surface area contributed by atoms with Gasteiger partial charge in [-0.05, 0) is 32.9 Å². The van der Waals surface area contributed by atoms with E-state index in [1.807, 2.05) is 0 Å². The number of nitrogens with zero attached hydrogens (tertiary/aromatic N) is 1. The third-order valence-electron chi connectivity index (χ3n) is 4.63. The van der Waals surface area contributed by atoms with Crippen LogP contribution in [0.3, 0.4) is 0 Å². The highest BCUT2D eigenvalue weighted by Gasteiger charge is 2.18. The van der Waals surface area contributed by atoms with E-state index in [2.05, 4.69) is 44.1 Å². The molecule has 0 amide bonds. The van der Waals surface area contributed by atoms with Crippen LogP contribution >= 0.6 is 0 Å². The van der Waals surface area contributed by atoms with Gasteiger partial charge in [-0.15, -0.1) is 0 Å². The van der Waals surface area contributed by atoms with Crippen molar-refractivity contribution in [1.29, 1.82) is 0 Å². The van der Waals surface area contributed by atoms with E-state index in [-0.39, 0.29) is 0 Å². The lowest BCUT2D eigenvalue weighted by molar-refractivity contribution is 0.197. The van der Waals surface area contributed by atoms with Crippen LogP contribution in [0.5, 0.6) is 0 Å². The zero-order valence-electron chi connectivity index (χ0n) is 14.2. The number of furan rings is 1. The van der Waals surface area contributed by atoms with Crippen LogP contribution in [-0.2, 0) is 13.1 Å². The standard InChI is InChI=1S/C18H32N2O/c1-14(2)19-12-16-11-18(21-15(16)3)13-20(4)17-9-7-5-6-8-10-17/h11,14,17,19H,5-10,12-13H2,1-4H3. The molecule has 1 aliphatic rings. The molecular formula is C18H32N2O. The Hall–Kier alpha value is -0.800. The van der Waals surface area contributed by atoms with Gasteiger partial charge in [-0.2, -0.15) is 0 Å². The molecule has 1 N–H and O–H groups in total. The maximum absolute atomic E-state index is 5.96. The summed E-state index contributed by atoms with van der Waals surface area (Å²) in [6.07, 6.45) is 8.28. The Balaban J connectivity index is 1.90. The van der Waals surface area contributed by atoms with Gasteiger partial charge in [-0.1, -0.05) is 39.5 Å². The first-order valence-corrected chi connectivity index (χ1v) is 8.58. The molecule has 21 heavy (non-hydrogen) atoms. The highest BCUT2D eigenvalue weighted by Crippen LogP contribution is 2.23. The number of rotatable bonds is 6. The third kappa shape index (κ3) is 5.15. The summed E-state index contributed by atoms with van der Waals surface area (Å²) >= 11 is 0. The van der Waals surface area contributed by atoms with Gasteiger partial charge in [0.2, 0.25) is 0 Å². The van der Waals surface area contributed by atoms with Gasteiger partial charge < -0.3 is 9.73 Å². The fourth-order valence-corrected chi connectivity index (χ4v) is 3.23. The summed E-state index contributed by atoms with van der Waals surface area (Å²) in [5.41, 5.74) is 1.30. The van der Waals surface area contributed by atoms with Gasteiger partial charge in [-0.25, -0.2) is 0 Å². The number of hydrogen-bond acceptors (Lipinski definition) is 3. The maximum atomic E-state index is 5.96. The van der Waals surface area contributed by atoms with Crippen molar-refractivity contribution in [2.75, 3.05) is 7.05 Å². The van der Waals surface area contributed by atoms with Gasteiger partial charge in [-0.3, -0.25) is 4.90 Å². The molecule has 0 radical (unpaired) electrons. The lowest BCUT2D eigenvalue weighted by Gasteiger charge is -2.26. The molecule has 1 fully saturated rings. The second kappa shape index (κ2) is 8.00. The van der Waals surface area contributed by atoms with Crippen LogP contribution < -0.4 is 5.32 Å². The Labute approximate surface area is 130 Å². The zero-order chi connectivity index (χ0) is 15.2. The van der Waals surface area contributed by atoms with Crippen molar-refractivity contribution in [3.05, 3.63) is 23.2 Å². The SMILES string of the molecule is Cc1oc(CN(C)C2CCCCCC2)cc1CNC(C)C. The molecule has 120 valence electrons. The normalized spacial score (nSPS) is 17.6. The summed E-state index contributed by atoms with van der Waals surface area (Å²) in [6.45, 7) is 8.27. The fraction of sp³-hybridized carbons (Fsp3) is 0.778. The molecule has 0 atom stereocenters. The van der Waals surface area contributed by atoms with Crippen molar-refractivity contribution in [2.45, 2.75) is 84.5 Å². The van der Waals surface area contributed by atoms with E-state index in [4.69, 9.17) is 4.42 Å². The zero-order valence-corrected chi connectivity index (χ0v) is 14.2. The number of aryl methyl sites for hydroxylation is 1. The van der Waals surface area contributed by atoms with E-state index < -0.39 is 0 Å². The van der Waals surface area contributed by atoms with Gasteiger partial charge in [0.15, 0.2) is 0 Å². The number of nitrogens with one attached hydrogen (secondary N) is 1. The molecule has 1 aliphatic carbocycles. The Kier molecular flexibility index (Phi) is 6.31. The summed E-state index contributed by atoms with van der Waals surface area (Å²) in [6, 6.07) is 3.48. The van der Waals surface area contributed by atoms with Gasteiger partial charge in [0.25, 0.3) is 0 Å². The predicted octanol–water partition coefficient (Wildman–Crippen LogP) is 4.24. The van der Waals surface area contributed by atoms with Crippen LogP contribution in [0.1, 0.15) is 69.5 Å². The molecule has 1 aromatic heterocycles. The molecule has 1 saturated carbocycles. The van der Waals surface area contributed by atoms with Gasteiger partial charge in [0.1, 0.15) is 11.5 Å². The van der Waals surface area contributed by atoms with Crippen LogP contribution in [-0.4, -0.2) is 24.0 Å². The van der Waals surface area contributed by atoms with Crippen LogP contribution in [0.15, 0.2) is 10.5 Å². The van der Waals surface area contributed by atoms with Crippen molar-refractivity contribution in [2.24, 2.45) is 0 Å². The van der Waals surface area contributed by atoms with Crippen LogP contribution in [0.4, 0.5) is 0 Å². The number of hydrogen-bond donors (Lipinski definition) is 1. The van der Waals surface area contributed by atoms with Crippen molar-refractivity contribution in [3.8, 4) is 0 Å². The van der Waals surface area contributed by atoms with Crippen LogP contribution in [0.25, 0.3) is 0 Å². The summed E-state index contributed by atoms with van der Waals surface area (Å²) in [5, 5.41) is 3.47. The molecule has 3 heteroatoms. The molecular weight excluding hydrogens is 260 g/mol. The van der Waals surface area contributed by atoms with Crippen LogP contribution in [0.2, 0.25) is 0 Å². The minimum atomic E-state index is 0.511. The van der Waals surface area contributed by atoms with Crippen molar-refractivity contribution in [3.63, 3.8) is 0 Å². The van der Waals surface area contributed by atoms with Gasteiger partial charge >= 0.3 is 0 Å². The largest absolute Gasteiger partial charge is 0.465 e. The van der Waals surface area contributed by atoms with Gasteiger partial charge in [0, 0.05) is 24.2 Å². The first-order chi connectivity index (χ1) is 10.1. The van der Waals surface area contributed by atoms with E-state index in [9.17, 15) is 0 Å². The Bertz CT molecular complexity index is 417. The van der Waals surface area contributed by atoms with Crippen molar-refractivity contribution >= 4 is 0 Å². The molecule has 3 nitrogen and oxygen atoms in total. The monoisotopic (exact) mass is 292 g/mol. The highest BCUT2D eigenvalue weighted by molar-refractivity contribution is 5.20. The molecule has 0 spiro atoms. The van der Waals surface area contributed by atoms with Crippen molar-refractivity contribution in [1.82, 2.24) is 10.2 Å². The summed E-state index contributed by atoms with van der Waals surface area (Å²) < 4.78 is 5.96. The first kappa shape index (κ1) is 16.6. The Morgan fingerprint density at radius 2 is 1.90 bits per heavy atom. The minimum Gasteiger partial charge on any atom is -0.465 e. The third-order valence-corrected chi connectivity index (χ3v) is 4.63. The molecule has 0 aliphatic heterocycles. The lowest BCUT2D eigenvalue weighted by Crippen LogP contribution is -2.30. The summed E-state index contributed by atoms with van der Waals surface area (Å²) in [5.74, 6) is 2.17. The summed E-state index contributed by atoms with van der Waals surface area (Å²) in [4.78, 5) is 2.49. The molecule has 2 rings (SSSR count). The predicted molar refractivity (Wildman–Crippen MR) is 88.4 cm³/mol. The average molecular weight is 292 g/mol. The maximum Gasteiger partial charge on any atom is 0.118 e. The minimum absolute atomic E-state index is 0.511. The lowest BCUT2D eigenvalue weighted by atomic mass is 10.1. The second-order valence-corrected chi connectivity index (χ2v) is 6.89. The quantitative estimate of drug-likeness (QED) is 0.795. The second-order valence-electron chi connectivity index (χ2n) is 6.89. The average Bonchev–Trinajstić information content (AvgIpc) is 2.66. The Morgan fingerprint density at radius 1 is 1.24 bits per heavy atom. The fourth-order valence-electron chi connectivity index (χ4n) is 3.23. The molecule has 0 unspecified atom stereocenters. The van der Waals surface area contributed by atoms with E-state index >= 15 is 0 Å². The van der Waals surface area contributed by atoms with E-state index in [1.54, 1.807) is 0 Å². The van der Waals surface area contributed by atoms with E-state index in [0.29, 0.717) is 6.04 Å². The smallest absolute Gasteiger partial charge is 0.118 e. The van der Waals surface area contributed by atoms with Crippen molar-refractivity contribution < 1.29 is 4.42 Å². The molecule has 0 bridgehead atoms. The Morgan fingerprint density at radius 3 is 2.52 bits per heavy atom. The van der Waals surface area contributed by atoms with Gasteiger partial charge in [0.05, 0.1) is 6.54 Å². The molecule has 0 saturated heterocycles. The van der Waals surface area contributed by atoms with E-state index in [1.165, 1.54) is 44.1 Å². The summed E-state index contributed by atoms with van der Waals surface area (Å²) in [7, 11) is 2.25. The molecule has 1 aromatic rings. The van der Waals surface area contributed by atoms with Crippen LogP contribution in [0, 0.1) is 6.92 Å². The topological polar surface area (TPSA) is 28.4 Å². The highest BCUT2D eigenvalue weighted by atomic mass is 16.3.